The van der Waals surface area contributed by atoms with Crippen LogP contribution in [-0.2, 0) is 16.0 Å². The lowest BCUT2D eigenvalue weighted by Gasteiger charge is -2.23. The summed E-state index contributed by atoms with van der Waals surface area (Å²) in [6.07, 6.45) is 2.31. The number of phenolic OH excluding ortho intramolecular Hbond substituents is 1. The van der Waals surface area contributed by atoms with Crippen LogP contribution in [0.1, 0.15) is 34.5 Å². The van der Waals surface area contributed by atoms with Crippen LogP contribution in [0.25, 0.3) is 5.57 Å². The first-order valence-corrected chi connectivity index (χ1v) is 10.5. The van der Waals surface area contributed by atoms with Crippen molar-refractivity contribution >= 4 is 17.3 Å². The molecule has 5 rings (SSSR count). The van der Waals surface area contributed by atoms with E-state index in [9.17, 15) is 14.7 Å². The maximum Gasteiger partial charge on any atom is 0.309 e. The number of hydrazine groups is 1. The van der Waals surface area contributed by atoms with Gasteiger partial charge in [-0.25, -0.2) is 9.99 Å². The van der Waals surface area contributed by atoms with Crippen LogP contribution in [-0.4, -0.2) is 43.7 Å². The Morgan fingerprint density at radius 1 is 1.24 bits per heavy atom. The van der Waals surface area contributed by atoms with Crippen LogP contribution >= 0.6 is 0 Å². The maximum atomic E-state index is 12.9. The quantitative estimate of drug-likeness (QED) is 0.554. The third-order valence-electron chi connectivity index (χ3n) is 5.47. The number of Topliss-reactive ketones (excluding diaryl/α,β-unsaturated/α-hetero) is 1. The molecule has 33 heavy (non-hydrogen) atoms. The largest absolute Gasteiger partial charge is 0.508 e. The van der Waals surface area contributed by atoms with Gasteiger partial charge >= 0.3 is 5.91 Å². The van der Waals surface area contributed by atoms with Crippen LogP contribution in [0.4, 0.5) is 0 Å². The molecule has 1 atom stereocenters. The molecule has 2 heterocycles. The predicted molar refractivity (Wildman–Crippen MR) is 118 cm³/mol. The monoisotopic (exact) mass is 443 g/mol. The van der Waals surface area contributed by atoms with Gasteiger partial charge in [0.15, 0.2) is 18.3 Å². The van der Waals surface area contributed by atoms with Crippen molar-refractivity contribution < 1.29 is 19.4 Å². The lowest BCUT2D eigenvalue weighted by atomic mass is 9.89. The van der Waals surface area contributed by atoms with Gasteiger partial charge in [-0.2, -0.15) is 0 Å². The van der Waals surface area contributed by atoms with Gasteiger partial charge in [-0.1, -0.05) is 55.5 Å². The van der Waals surface area contributed by atoms with E-state index in [1.165, 1.54) is 5.01 Å². The lowest BCUT2D eigenvalue weighted by molar-refractivity contribution is -0.119. The summed E-state index contributed by atoms with van der Waals surface area (Å²) in [5.41, 5.74) is 5.38. The van der Waals surface area contributed by atoms with Gasteiger partial charge < -0.3 is 9.84 Å². The standard InChI is InChI=1S/C24H21N5O4/c1-14-10-18(16-8-5-9-17(30)12-16)22-20(21(14)31)29(13-33-22)28-24(32)23-25-19(26-27-23)11-15-6-3-2-4-7-15/h2-10,12,14,30H,11,13H2,1H3,(H,28,32)(H,25,26,27)/t14-/m0/s1. The second-order valence-electron chi connectivity index (χ2n) is 7.87. The van der Waals surface area contributed by atoms with Crippen LogP contribution in [0.15, 0.2) is 72.1 Å². The Bertz CT molecular complexity index is 1290. The fourth-order valence-corrected chi connectivity index (χ4v) is 3.88. The maximum absolute atomic E-state index is 12.9. The Hall–Kier alpha value is -4.40. The van der Waals surface area contributed by atoms with Crippen molar-refractivity contribution in [2.75, 3.05) is 6.73 Å². The molecule has 2 aliphatic rings. The first-order chi connectivity index (χ1) is 16.0. The molecule has 1 aromatic heterocycles. The molecular weight excluding hydrogens is 422 g/mol. The zero-order valence-electron chi connectivity index (χ0n) is 17.8. The molecule has 1 aliphatic heterocycles. The van der Waals surface area contributed by atoms with Crippen LogP contribution in [0.3, 0.4) is 0 Å². The molecule has 0 saturated carbocycles. The van der Waals surface area contributed by atoms with E-state index in [2.05, 4.69) is 20.6 Å². The average molecular weight is 443 g/mol. The van der Waals surface area contributed by atoms with E-state index in [1.54, 1.807) is 31.2 Å². The van der Waals surface area contributed by atoms with E-state index in [1.807, 2.05) is 36.4 Å². The number of ether oxygens (including phenoxy) is 1. The number of aromatic amines is 1. The lowest BCUT2D eigenvalue weighted by Crippen LogP contribution is -2.43. The smallest absolute Gasteiger partial charge is 0.309 e. The molecule has 1 aliphatic carbocycles. The van der Waals surface area contributed by atoms with Crippen molar-refractivity contribution in [2.24, 2.45) is 5.92 Å². The molecule has 1 amide bonds. The van der Waals surface area contributed by atoms with Gasteiger partial charge in [0.25, 0.3) is 0 Å². The van der Waals surface area contributed by atoms with Crippen molar-refractivity contribution in [1.29, 1.82) is 0 Å². The van der Waals surface area contributed by atoms with Crippen molar-refractivity contribution in [1.82, 2.24) is 25.6 Å². The number of allylic oxidation sites excluding steroid dienone is 3. The van der Waals surface area contributed by atoms with Crippen molar-refractivity contribution in [3.63, 3.8) is 0 Å². The molecule has 0 bridgehead atoms. The van der Waals surface area contributed by atoms with Gasteiger partial charge in [-0.15, -0.1) is 5.10 Å². The van der Waals surface area contributed by atoms with E-state index in [4.69, 9.17) is 4.74 Å². The van der Waals surface area contributed by atoms with Crippen molar-refractivity contribution in [3.8, 4) is 5.75 Å². The number of hydrogen-bond donors (Lipinski definition) is 3. The number of hydrogen-bond acceptors (Lipinski definition) is 7. The molecule has 0 fully saturated rings. The summed E-state index contributed by atoms with van der Waals surface area (Å²) >= 11 is 0. The highest BCUT2D eigenvalue weighted by Crippen LogP contribution is 2.38. The fraction of sp³-hybridized carbons (Fsp3) is 0.167. The minimum absolute atomic E-state index is 0.0324. The van der Waals surface area contributed by atoms with Crippen LogP contribution < -0.4 is 5.43 Å². The number of nitrogens with one attached hydrogen (secondary N) is 2. The van der Waals surface area contributed by atoms with Crippen LogP contribution in [0.5, 0.6) is 5.75 Å². The zero-order valence-corrected chi connectivity index (χ0v) is 17.8. The van der Waals surface area contributed by atoms with Gasteiger partial charge in [-0.3, -0.25) is 20.1 Å². The van der Waals surface area contributed by atoms with E-state index >= 15 is 0 Å². The summed E-state index contributed by atoms with van der Waals surface area (Å²) in [5, 5.41) is 18.0. The van der Waals surface area contributed by atoms with Gasteiger partial charge in [0.05, 0.1) is 0 Å². The highest BCUT2D eigenvalue weighted by Gasteiger charge is 2.38. The number of nitrogens with zero attached hydrogens (tertiary/aromatic N) is 3. The number of H-pyrrole nitrogens is 1. The average Bonchev–Trinajstić information content (AvgIpc) is 3.45. The number of ketones is 1. The normalized spacial score (nSPS) is 17.5. The van der Waals surface area contributed by atoms with Gasteiger partial charge in [-0.05, 0) is 23.3 Å². The zero-order chi connectivity index (χ0) is 22.9. The molecule has 3 N–H and O–H groups in total. The first kappa shape index (κ1) is 20.5. The second-order valence-corrected chi connectivity index (χ2v) is 7.87. The molecule has 0 spiro atoms. The fourth-order valence-electron chi connectivity index (χ4n) is 3.88. The number of rotatable bonds is 5. The second kappa shape index (κ2) is 8.27. The van der Waals surface area contributed by atoms with Gasteiger partial charge in [0.1, 0.15) is 17.3 Å². The molecule has 0 saturated heterocycles. The highest BCUT2D eigenvalue weighted by molar-refractivity contribution is 6.05. The molecular formula is C24H21N5O4. The summed E-state index contributed by atoms with van der Waals surface area (Å²) < 4.78 is 5.79. The van der Waals surface area contributed by atoms with Gasteiger partial charge in [0, 0.05) is 17.9 Å². The highest BCUT2D eigenvalue weighted by atomic mass is 16.5. The van der Waals surface area contributed by atoms with Gasteiger partial charge in [0.2, 0.25) is 5.82 Å². The first-order valence-electron chi connectivity index (χ1n) is 10.5. The summed E-state index contributed by atoms with van der Waals surface area (Å²) in [5.74, 6) is -0.162. The number of benzene rings is 2. The third-order valence-corrected chi connectivity index (χ3v) is 5.47. The van der Waals surface area contributed by atoms with E-state index < -0.39 is 11.8 Å². The van der Waals surface area contributed by atoms with Crippen LogP contribution in [0, 0.1) is 5.92 Å². The Morgan fingerprint density at radius 2 is 2.06 bits per heavy atom. The topological polar surface area (TPSA) is 120 Å². The summed E-state index contributed by atoms with van der Waals surface area (Å²) in [7, 11) is 0. The molecule has 3 aromatic rings. The number of amides is 1. The number of carbonyl (C=O) groups excluding carboxylic acids is 2. The Labute approximate surface area is 189 Å². The number of carbonyl (C=O) groups is 2. The number of aromatic hydroxyl groups is 1. The van der Waals surface area contributed by atoms with Crippen molar-refractivity contribution in [3.05, 3.63) is 94.9 Å². The summed E-state index contributed by atoms with van der Waals surface area (Å²) in [6.45, 7) is 1.74. The van der Waals surface area contributed by atoms with Crippen molar-refractivity contribution in [2.45, 2.75) is 13.3 Å². The molecule has 9 nitrogen and oxygen atoms in total. The Balaban J connectivity index is 1.36. The molecule has 0 radical (unpaired) electrons. The molecule has 9 heteroatoms. The third kappa shape index (κ3) is 3.96. The predicted octanol–water partition coefficient (Wildman–Crippen LogP) is 2.55. The Morgan fingerprint density at radius 3 is 2.85 bits per heavy atom. The summed E-state index contributed by atoms with van der Waals surface area (Å²) in [6, 6.07) is 16.4. The number of phenols is 1. The SMILES string of the molecule is C[C@H]1C=C(c2cccc(O)c2)C2=C(C1=O)N(NC(=O)c1n[nH]c(Cc3ccccc3)n1)CO2. The van der Waals surface area contributed by atoms with E-state index in [0.29, 0.717) is 23.6 Å². The van der Waals surface area contributed by atoms with E-state index in [0.717, 1.165) is 11.1 Å². The number of aromatic nitrogens is 3. The van der Waals surface area contributed by atoms with E-state index in [-0.39, 0.29) is 29.8 Å². The molecule has 166 valence electrons. The minimum Gasteiger partial charge on any atom is -0.508 e. The van der Waals surface area contributed by atoms with Crippen LogP contribution in [0.2, 0.25) is 0 Å². The molecule has 0 unspecified atom stereocenters. The summed E-state index contributed by atoms with van der Waals surface area (Å²) in [4.78, 5) is 30.0. The Kier molecular flexibility index (Phi) is 5.14. The minimum atomic E-state index is -0.558. The molecule has 2 aromatic carbocycles.